The molecule has 0 amide bonds. The zero-order chi connectivity index (χ0) is 25.0. The number of ether oxygens (including phenoxy) is 1. The molecular formula is C22H23ClF3N7O. The summed E-state index contributed by atoms with van der Waals surface area (Å²) in [5.74, 6) is -0.385. The summed E-state index contributed by atoms with van der Waals surface area (Å²) in [4.78, 5) is 4.10. The van der Waals surface area contributed by atoms with Gasteiger partial charge in [0, 0.05) is 47.6 Å². The van der Waals surface area contributed by atoms with Crippen LogP contribution in [0.2, 0.25) is 0 Å². The van der Waals surface area contributed by atoms with Crippen molar-refractivity contribution in [1.29, 1.82) is 10.8 Å². The zero-order valence-corrected chi connectivity index (χ0v) is 19.1. The number of benzene rings is 1. The second-order valence-electron chi connectivity index (χ2n) is 7.37. The lowest BCUT2D eigenvalue weighted by atomic mass is 9.92. The fourth-order valence-electron chi connectivity index (χ4n) is 3.52. The smallest absolute Gasteiger partial charge is 0.255 e. The van der Waals surface area contributed by atoms with Crippen LogP contribution in [0, 0.1) is 16.6 Å². The molecule has 0 fully saturated rings. The number of nitrogens with two attached hydrogens (primary N) is 1. The van der Waals surface area contributed by atoms with Gasteiger partial charge >= 0.3 is 0 Å². The number of halogens is 4. The Morgan fingerprint density at radius 3 is 2.76 bits per heavy atom. The molecular weight excluding hydrogens is 471 g/mol. The van der Waals surface area contributed by atoms with Crippen LogP contribution in [0.3, 0.4) is 0 Å². The first-order chi connectivity index (χ1) is 16.1. The molecule has 2 aromatic rings. The highest BCUT2D eigenvalue weighted by atomic mass is 35.5. The van der Waals surface area contributed by atoms with Gasteiger partial charge in [0.25, 0.3) is 6.43 Å². The van der Waals surface area contributed by atoms with E-state index in [2.05, 4.69) is 20.8 Å². The molecule has 1 aliphatic heterocycles. The van der Waals surface area contributed by atoms with Crippen molar-refractivity contribution in [3.63, 3.8) is 0 Å². The number of nitrogens with zero attached hydrogens (tertiary/aromatic N) is 2. The van der Waals surface area contributed by atoms with Crippen LogP contribution in [0.15, 0.2) is 41.1 Å². The van der Waals surface area contributed by atoms with Gasteiger partial charge < -0.3 is 21.2 Å². The van der Waals surface area contributed by atoms with Crippen LogP contribution >= 0.6 is 11.6 Å². The highest BCUT2D eigenvalue weighted by molar-refractivity contribution is 6.70. The predicted molar refractivity (Wildman–Crippen MR) is 127 cm³/mol. The number of hydrogen-bond donors (Lipinski definition) is 5. The molecule has 2 heterocycles. The quantitative estimate of drug-likeness (QED) is 0.316. The van der Waals surface area contributed by atoms with Crippen molar-refractivity contribution >= 4 is 39.7 Å². The molecule has 0 radical (unpaired) electrons. The monoisotopic (exact) mass is 493 g/mol. The van der Waals surface area contributed by atoms with Crippen molar-refractivity contribution in [3.05, 3.63) is 58.5 Å². The number of hydrazone groups is 1. The molecule has 1 aromatic carbocycles. The Bertz CT molecular complexity index is 1180. The van der Waals surface area contributed by atoms with Crippen molar-refractivity contribution in [2.75, 3.05) is 19.3 Å². The highest BCUT2D eigenvalue weighted by Crippen LogP contribution is 2.33. The Morgan fingerprint density at radius 2 is 2.12 bits per heavy atom. The maximum Gasteiger partial charge on any atom is 0.255 e. The van der Waals surface area contributed by atoms with E-state index in [1.807, 2.05) is 0 Å². The molecule has 6 N–H and O–H groups in total. The molecule has 12 heteroatoms. The number of nitrogens with one attached hydrogen (secondary N) is 4. The summed E-state index contributed by atoms with van der Waals surface area (Å²) in [6, 6.07) is 5.36. The second-order valence-corrected chi connectivity index (χ2v) is 7.75. The average molecular weight is 494 g/mol. The number of rotatable bonds is 5. The lowest BCUT2D eigenvalue weighted by molar-refractivity contribution is 0.151. The minimum atomic E-state index is -2.69. The van der Waals surface area contributed by atoms with E-state index in [9.17, 15) is 13.2 Å². The molecule has 0 saturated carbocycles. The van der Waals surface area contributed by atoms with Gasteiger partial charge in [-0.25, -0.2) is 18.2 Å². The third kappa shape index (κ3) is 5.48. The molecule has 0 aliphatic carbocycles. The van der Waals surface area contributed by atoms with Gasteiger partial charge in [0.2, 0.25) is 0 Å². The minimum absolute atomic E-state index is 0.0221. The van der Waals surface area contributed by atoms with E-state index in [-0.39, 0.29) is 46.2 Å². The van der Waals surface area contributed by atoms with E-state index in [1.165, 1.54) is 37.5 Å². The Hall–Kier alpha value is -3.60. The van der Waals surface area contributed by atoms with Crippen LogP contribution in [0.4, 0.5) is 19.0 Å². The average Bonchev–Trinajstić information content (AvgIpc) is 2.78. The molecule has 1 aromatic heterocycles. The van der Waals surface area contributed by atoms with Crippen molar-refractivity contribution in [2.45, 2.75) is 25.9 Å². The maximum atomic E-state index is 14.1. The van der Waals surface area contributed by atoms with E-state index in [0.717, 1.165) is 0 Å². The first kappa shape index (κ1) is 25.0. The van der Waals surface area contributed by atoms with E-state index in [1.54, 1.807) is 6.92 Å². The summed E-state index contributed by atoms with van der Waals surface area (Å²) in [5, 5.41) is 23.2. The van der Waals surface area contributed by atoms with Crippen molar-refractivity contribution in [3.8, 4) is 5.75 Å². The standard InChI is InChI=1S/C22H23ClF3N7O/c1-10-14-6-12(24)3-4-13(14)19(27)16(33-30-2)7-15(21(23)28)20(31-9-18(25)26)11-5-17(34-10)22(29)32-8-11/h3-6,8,10,18,27-28,30-31H,7,9H2,1-2H3,(H2,29,32)/b20-15-,27-19?,28-21?,33-16-/t10-/m1/s1. The van der Waals surface area contributed by atoms with Crippen LogP contribution in [0.1, 0.15) is 36.1 Å². The first-order valence-corrected chi connectivity index (χ1v) is 10.5. The minimum Gasteiger partial charge on any atom is -0.482 e. The van der Waals surface area contributed by atoms with Crippen LogP contribution in [-0.4, -0.2) is 41.6 Å². The van der Waals surface area contributed by atoms with Crippen molar-refractivity contribution < 1.29 is 17.9 Å². The molecule has 1 aliphatic rings. The SMILES string of the molecule is CN/N=C1/C/C(C(=N)Cl)=C(/NCC(F)F)c2cnc(N)c(c2)O[C@H](C)c2cc(F)ccc2C1=N. The summed E-state index contributed by atoms with van der Waals surface area (Å²) >= 11 is 6.09. The normalized spacial score (nSPS) is 19.7. The number of nitrogen functional groups attached to an aromatic ring is 1. The number of alkyl halides is 2. The van der Waals surface area contributed by atoms with E-state index in [4.69, 9.17) is 32.9 Å². The predicted octanol–water partition coefficient (Wildman–Crippen LogP) is 4.07. The molecule has 2 bridgehead atoms. The number of allylic oxidation sites excluding steroid dienone is 1. The van der Waals surface area contributed by atoms with Crippen LogP contribution in [-0.2, 0) is 0 Å². The summed E-state index contributed by atoms with van der Waals surface area (Å²) in [6.45, 7) is 0.933. The van der Waals surface area contributed by atoms with Crippen LogP contribution in [0.25, 0.3) is 5.70 Å². The van der Waals surface area contributed by atoms with Gasteiger partial charge in [-0.05, 0) is 31.2 Å². The van der Waals surface area contributed by atoms with Gasteiger partial charge in [0.1, 0.15) is 17.1 Å². The Labute approximate surface area is 199 Å². The summed E-state index contributed by atoms with van der Waals surface area (Å²) in [7, 11) is 1.52. The molecule has 0 spiro atoms. The number of pyridine rings is 1. The van der Waals surface area contributed by atoms with Crippen molar-refractivity contribution in [2.24, 2.45) is 5.10 Å². The highest BCUT2D eigenvalue weighted by Gasteiger charge is 2.25. The summed E-state index contributed by atoms with van der Waals surface area (Å²) < 4.78 is 46.3. The largest absolute Gasteiger partial charge is 0.482 e. The van der Waals surface area contributed by atoms with E-state index < -0.39 is 30.1 Å². The zero-order valence-electron chi connectivity index (χ0n) is 18.3. The van der Waals surface area contributed by atoms with E-state index in [0.29, 0.717) is 11.1 Å². The van der Waals surface area contributed by atoms with Gasteiger partial charge in [-0.2, -0.15) is 5.10 Å². The summed E-state index contributed by atoms with van der Waals surface area (Å²) in [6.07, 6.45) is -2.28. The molecule has 0 unspecified atom stereocenters. The number of anilines is 1. The fourth-order valence-corrected chi connectivity index (χ4v) is 3.68. The lowest BCUT2D eigenvalue weighted by Crippen LogP contribution is -2.26. The van der Waals surface area contributed by atoms with Crippen molar-refractivity contribution in [1.82, 2.24) is 15.7 Å². The Kier molecular flexibility index (Phi) is 7.77. The summed E-state index contributed by atoms with van der Waals surface area (Å²) in [5.41, 5.74) is 9.81. The molecule has 8 nitrogen and oxygen atoms in total. The Morgan fingerprint density at radius 1 is 1.38 bits per heavy atom. The maximum absolute atomic E-state index is 14.1. The van der Waals surface area contributed by atoms with Crippen LogP contribution < -0.4 is 21.2 Å². The molecule has 3 rings (SSSR count). The van der Waals surface area contributed by atoms with Gasteiger partial charge in [0.05, 0.1) is 18.0 Å². The van der Waals surface area contributed by atoms with Crippen LogP contribution in [0.5, 0.6) is 5.75 Å². The number of aromatic nitrogens is 1. The second kappa shape index (κ2) is 10.6. The van der Waals surface area contributed by atoms with E-state index >= 15 is 0 Å². The van der Waals surface area contributed by atoms with Gasteiger partial charge in [-0.15, -0.1) is 0 Å². The first-order valence-electron chi connectivity index (χ1n) is 10.2. The molecule has 0 saturated heterocycles. The topological polar surface area (TPSA) is 132 Å². The molecule has 34 heavy (non-hydrogen) atoms. The number of hydrogen-bond acceptors (Lipinski definition) is 8. The fraction of sp³-hybridized carbons (Fsp3) is 0.273. The molecule has 1 atom stereocenters. The lowest BCUT2D eigenvalue weighted by Gasteiger charge is -2.23. The van der Waals surface area contributed by atoms with Gasteiger partial charge in [-0.1, -0.05) is 11.6 Å². The number of fused-ring (bicyclic) bond motifs is 3. The van der Waals surface area contributed by atoms with Gasteiger partial charge in [-0.3, -0.25) is 10.8 Å². The third-order valence-electron chi connectivity index (χ3n) is 5.07. The third-order valence-corrected chi connectivity index (χ3v) is 5.30. The van der Waals surface area contributed by atoms with Gasteiger partial charge in [0.15, 0.2) is 11.6 Å². The molecule has 180 valence electrons. The Balaban J connectivity index is 2.33.